The van der Waals surface area contributed by atoms with Crippen molar-refractivity contribution in [1.29, 1.82) is 0 Å². The van der Waals surface area contributed by atoms with Gasteiger partial charge in [0.25, 0.3) is 0 Å². The molecule has 0 unspecified atom stereocenters. The topological polar surface area (TPSA) is 38.7 Å². The Morgan fingerprint density at radius 3 is 1.86 bits per heavy atom. The molecule has 0 spiro atoms. The van der Waals surface area contributed by atoms with Crippen LogP contribution in [0.5, 0.6) is 0 Å². The van der Waals surface area contributed by atoms with Gasteiger partial charge in [-0.25, -0.2) is 0 Å². The third kappa shape index (κ3) is 15.8. The van der Waals surface area contributed by atoms with Gasteiger partial charge < -0.3 is 14.6 Å². The number of ether oxygens (including phenoxy) is 2. The first-order chi connectivity index (χ1) is 10.3. The van der Waals surface area contributed by atoms with Crippen LogP contribution in [0.15, 0.2) is 12.2 Å². The SMILES string of the molecule is CCCCCCOC(C/C=C/CCO)OCCCCCC. The molecule has 0 saturated heterocycles. The van der Waals surface area contributed by atoms with E-state index in [4.69, 9.17) is 14.6 Å². The quantitative estimate of drug-likeness (QED) is 0.252. The van der Waals surface area contributed by atoms with Gasteiger partial charge in [-0.3, -0.25) is 0 Å². The highest BCUT2D eigenvalue weighted by molar-refractivity contribution is 4.82. The average Bonchev–Trinajstić information content (AvgIpc) is 2.50. The summed E-state index contributed by atoms with van der Waals surface area (Å²) >= 11 is 0. The van der Waals surface area contributed by atoms with E-state index < -0.39 is 0 Å². The zero-order valence-corrected chi connectivity index (χ0v) is 14.2. The zero-order valence-electron chi connectivity index (χ0n) is 14.2. The lowest BCUT2D eigenvalue weighted by Crippen LogP contribution is -2.18. The summed E-state index contributed by atoms with van der Waals surface area (Å²) in [7, 11) is 0. The van der Waals surface area contributed by atoms with E-state index in [2.05, 4.69) is 19.9 Å². The van der Waals surface area contributed by atoms with Crippen LogP contribution in [0.3, 0.4) is 0 Å². The molecular formula is C18H36O3. The molecule has 0 aliphatic heterocycles. The van der Waals surface area contributed by atoms with Crippen molar-refractivity contribution >= 4 is 0 Å². The molecule has 0 saturated carbocycles. The van der Waals surface area contributed by atoms with Gasteiger partial charge in [0.2, 0.25) is 0 Å². The van der Waals surface area contributed by atoms with Crippen LogP contribution in [-0.2, 0) is 9.47 Å². The van der Waals surface area contributed by atoms with E-state index in [1.165, 1.54) is 38.5 Å². The van der Waals surface area contributed by atoms with E-state index in [1.807, 2.05) is 6.08 Å². The first-order valence-electron chi connectivity index (χ1n) is 8.84. The third-order valence-corrected chi connectivity index (χ3v) is 3.39. The number of aliphatic hydroxyl groups excluding tert-OH is 1. The van der Waals surface area contributed by atoms with E-state index in [0.717, 1.165) is 32.5 Å². The minimum Gasteiger partial charge on any atom is -0.396 e. The second-order valence-electron chi connectivity index (χ2n) is 5.51. The van der Waals surface area contributed by atoms with Gasteiger partial charge in [-0.15, -0.1) is 0 Å². The molecule has 0 aromatic heterocycles. The lowest BCUT2D eigenvalue weighted by molar-refractivity contribution is -0.141. The van der Waals surface area contributed by atoms with Gasteiger partial charge in [0, 0.05) is 26.2 Å². The second-order valence-corrected chi connectivity index (χ2v) is 5.51. The first kappa shape index (κ1) is 20.6. The van der Waals surface area contributed by atoms with Crippen LogP contribution >= 0.6 is 0 Å². The molecule has 0 atom stereocenters. The zero-order chi connectivity index (χ0) is 15.6. The van der Waals surface area contributed by atoms with Crippen molar-refractivity contribution < 1.29 is 14.6 Å². The maximum atomic E-state index is 8.77. The molecule has 0 aromatic rings. The van der Waals surface area contributed by atoms with Crippen molar-refractivity contribution in [2.45, 2.75) is 84.3 Å². The van der Waals surface area contributed by atoms with Gasteiger partial charge in [0.15, 0.2) is 6.29 Å². The summed E-state index contributed by atoms with van der Waals surface area (Å²) < 4.78 is 11.7. The van der Waals surface area contributed by atoms with E-state index in [1.54, 1.807) is 0 Å². The van der Waals surface area contributed by atoms with E-state index in [-0.39, 0.29) is 12.9 Å². The Bertz CT molecular complexity index is 203. The molecule has 0 aliphatic rings. The summed E-state index contributed by atoms with van der Waals surface area (Å²) in [6, 6.07) is 0. The van der Waals surface area contributed by atoms with Crippen LogP contribution in [0.4, 0.5) is 0 Å². The van der Waals surface area contributed by atoms with Crippen molar-refractivity contribution in [3.05, 3.63) is 12.2 Å². The van der Waals surface area contributed by atoms with Crippen molar-refractivity contribution in [3.8, 4) is 0 Å². The van der Waals surface area contributed by atoms with Crippen LogP contribution in [0.25, 0.3) is 0 Å². The highest BCUT2D eigenvalue weighted by atomic mass is 16.7. The monoisotopic (exact) mass is 300 g/mol. The molecule has 0 heterocycles. The fourth-order valence-corrected chi connectivity index (χ4v) is 2.07. The lowest BCUT2D eigenvalue weighted by Gasteiger charge is -2.17. The molecule has 1 N–H and O–H groups in total. The number of rotatable bonds is 16. The number of unbranched alkanes of at least 4 members (excludes halogenated alkanes) is 6. The Hall–Kier alpha value is -0.380. The molecular weight excluding hydrogens is 264 g/mol. The maximum absolute atomic E-state index is 8.77. The molecule has 3 heteroatoms. The maximum Gasteiger partial charge on any atom is 0.160 e. The minimum atomic E-state index is -0.122. The van der Waals surface area contributed by atoms with Crippen LogP contribution in [0.2, 0.25) is 0 Å². The Morgan fingerprint density at radius 1 is 0.810 bits per heavy atom. The van der Waals surface area contributed by atoms with E-state index in [9.17, 15) is 0 Å². The van der Waals surface area contributed by atoms with Gasteiger partial charge in [-0.1, -0.05) is 64.5 Å². The predicted molar refractivity (Wildman–Crippen MR) is 89.4 cm³/mol. The molecule has 0 rings (SSSR count). The molecule has 0 aliphatic carbocycles. The Labute approximate surface area is 131 Å². The second kappa shape index (κ2) is 17.7. The summed E-state index contributed by atoms with van der Waals surface area (Å²) in [6.45, 7) is 6.21. The van der Waals surface area contributed by atoms with Crippen molar-refractivity contribution in [3.63, 3.8) is 0 Å². The summed E-state index contributed by atoms with van der Waals surface area (Å²) in [4.78, 5) is 0. The normalized spacial score (nSPS) is 11.8. The molecule has 3 nitrogen and oxygen atoms in total. The Kier molecular flexibility index (Phi) is 17.4. The number of aliphatic hydroxyl groups is 1. The van der Waals surface area contributed by atoms with Crippen LogP contribution in [0, 0.1) is 0 Å². The van der Waals surface area contributed by atoms with Crippen LogP contribution in [0.1, 0.15) is 78.1 Å². The Morgan fingerprint density at radius 2 is 1.38 bits per heavy atom. The molecule has 0 radical (unpaired) electrons. The average molecular weight is 300 g/mol. The van der Waals surface area contributed by atoms with Crippen LogP contribution in [-0.4, -0.2) is 31.2 Å². The smallest absolute Gasteiger partial charge is 0.160 e. The van der Waals surface area contributed by atoms with Crippen molar-refractivity contribution in [1.82, 2.24) is 0 Å². The molecule has 0 amide bonds. The lowest BCUT2D eigenvalue weighted by atomic mass is 10.2. The predicted octanol–water partition coefficient (Wildman–Crippen LogP) is 4.84. The molecule has 0 bridgehead atoms. The molecule has 126 valence electrons. The van der Waals surface area contributed by atoms with Gasteiger partial charge in [0.1, 0.15) is 0 Å². The summed E-state index contributed by atoms with van der Waals surface area (Å²) in [6.07, 6.45) is 15.2. The highest BCUT2D eigenvalue weighted by Gasteiger charge is 2.07. The molecule has 0 fully saturated rings. The Balaban J connectivity index is 3.79. The van der Waals surface area contributed by atoms with E-state index >= 15 is 0 Å². The fraction of sp³-hybridized carbons (Fsp3) is 0.889. The molecule has 0 aromatic carbocycles. The summed E-state index contributed by atoms with van der Waals surface area (Å²) in [5.41, 5.74) is 0. The van der Waals surface area contributed by atoms with Gasteiger partial charge in [-0.05, 0) is 19.3 Å². The van der Waals surface area contributed by atoms with E-state index in [0.29, 0.717) is 6.42 Å². The summed E-state index contributed by atoms with van der Waals surface area (Å²) in [5.74, 6) is 0. The molecule has 21 heavy (non-hydrogen) atoms. The fourth-order valence-electron chi connectivity index (χ4n) is 2.07. The van der Waals surface area contributed by atoms with Gasteiger partial charge >= 0.3 is 0 Å². The number of hydrogen-bond donors (Lipinski definition) is 1. The summed E-state index contributed by atoms with van der Waals surface area (Å²) in [5, 5.41) is 8.77. The van der Waals surface area contributed by atoms with Gasteiger partial charge in [-0.2, -0.15) is 0 Å². The third-order valence-electron chi connectivity index (χ3n) is 3.39. The number of hydrogen-bond acceptors (Lipinski definition) is 3. The first-order valence-corrected chi connectivity index (χ1v) is 8.84. The standard InChI is InChI=1S/C18H36O3/c1-3-5-7-12-16-20-18(14-10-9-11-15-19)21-17-13-8-6-4-2/h9-10,18-19H,3-8,11-17H2,1-2H3/b10-9+. The highest BCUT2D eigenvalue weighted by Crippen LogP contribution is 2.08. The van der Waals surface area contributed by atoms with Crippen molar-refractivity contribution in [2.75, 3.05) is 19.8 Å². The van der Waals surface area contributed by atoms with Gasteiger partial charge in [0.05, 0.1) is 0 Å². The van der Waals surface area contributed by atoms with Crippen molar-refractivity contribution in [2.24, 2.45) is 0 Å². The minimum absolute atomic E-state index is 0.122. The largest absolute Gasteiger partial charge is 0.396 e. The van der Waals surface area contributed by atoms with Crippen LogP contribution < -0.4 is 0 Å².